The Balaban J connectivity index is 1.75. The third-order valence-electron chi connectivity index (χ3n) is 4.29. The zero-order valence-corrected chi connectivity index (χ0v) is 13.8. The molecule has 3 rings (SSSR count). The average Bonchev–Trinajstić information content (AvgIpc) is 2.57. The van der Waals surface area contributed by atoms with Gasteiger partial charge in [0, 0.05) is 42.5 Å². The molecule has 0 saturated carbocycles. The molecule has 0 amide bonds. The minimum Gasteiger partial charge on any atom is -0.480 e. The Morgan fingerprint density at radius 1 is 1.08 bits per heavy atom. The molecule has 1 heterocycles. The van der Waals surface area contributed by atoms with Gasteiger partial charge < -0.3 is 10.0 Å². The van der Waals surface area contributed by atoms with E-state index in [4.69, 9.17) is 11.6 Å². The highest BCUT2D eigenvalue weighted by molar-refractivity contribution is 6.30. The normalized spacial score (nSPS) is 16.8. The molecule has 6 heteroatoms. The Morgan fingerprint density at radius 2 is 1.79 bits per heavy atom. The second kappa shape index (κ2) is 7.20. The number of aliphatic carboxylic acids is 1. The summed E-state index contributed by atoms with van der Waals surface area (Å²) >= 11 is 6.03. The van der Waals surface area contributed by atoms with Gasteiger partial charge in [-0.15, -0.1) is 0 Å². The first kappa shape index (κ1) is 16.7. The maximum Gasteiger partial charge on any atom is 0.325 e. The van der Waals surface area contributed by atoms with Gasteiger partial charge in [-0.05, 0) is 24.3 Å². The summed E-state index contributed by atoms with van der Waals surface area (Å²) in [4.78, 5) is 15.7. The molecule has 0 bridgehead atoms. The van der Waals surface area contributed by atoms with Crippen molar-refractivity contribution in [3.05, 3.63) is 64.9 Å². The van der Waals surface area contributed by atoms with E-state index in [0.717, 1.165) is 5.69 Å². The molecule has 1 unspecified atom stereocenters. The van der Waals surface area contributed by atoms with E-state index in [0.29, 0.717) is 31.2 Å². The van der Waals surface area contributed by atoms with Gasteiger partial charge in [0.25, 0.3) is 0 Å². The molecule has 1 fully saturated rings. The summed E-state index contributed by atoms with van der Waals surface area (Å²) in [7, 11) is 0. The lowest BCUT2D eigenvalue weighted by Gasteiger charge is -2.39. The lowest BCUT2D eigenvalue weighted by Crippen LogP contribution is -2.49. The Labute approximate surface area is 145 Å². The van der Waals surface area contributed by atoms with E-state index in [1.165, 1.54) is 12.1 Å². The number of rotatable bonds is 4. The minimum atomic E-state index is -1.03. The summed E-state index contributed by atoms with van der Waals surface area (Å²) in [5, 5.41) is 10.3. The SMILES string of the molecule is O=C(O)C(c1ccccc1F)N1CCN(c2cccc(Cl)c2)CC1. The van der Waals surface area contributed by atoms with Gasteiger partial charge in [0.05, 0.1) is 0 Å². The van der Waals surface area contributed by atoms with Gasteiger partial charge in [0.1, 0.15) is 11.9 Å². The quantitative estimate of drug-likeness (QED) is 0.919. The fraction of sp³-hybridized carbons (Fsp3) is 0.278. The molecule has 4 nitrogen and oxygen atoms in total. The van der Waals surface area contributed by atoms with Crippen LogP contribution in [0.5, 0.6) is 0 Å². The van der Waals surface area contributed by atoms with Crippen molar-refractivity contribution in [3.8, 4) is 0 Å². The highest BCUT2D eigenvalue weighted by Crippen LogP contribution is 2.27. The van der Waals surface area contributed by atoms with Crippen LogP contribution in [0.25, 0.3) is 0 Å². The van der Waals surface area contributed by atoms with Gasteiger partial charge in [-0.1, -0.05) is 35.9 Å². The highest BCUT2D eigenvalue weighted by atomic mass is 35.5. The van der Waals surface area contributed by atoms with Crippen LogP contribution < -0.4 is 4.90 Å². The summed E-state index contributed by atoms with van der Waals surface area (Å²) in [6, 6.07) is 12.7. The third kappa shape index (κ3) is 3.52. The summed E-state index contributed by atoms with van der Waals surface area (Å²) in [6.07, 6.45) is 0. The maximum atomic E-state index is 14.0. The van der Waals surface area contributed by atoms with Gasteiger partial charge in [0.2, 0.25) is 0 Å². The van der Waals surface area contributed by atoms with Crippen LogP contribution in [0.4, 0.5) is 10.1 Å². The monoisotopic (exact) mass is 348 g/mol. The Kier molecular flexibility index (Phi) is 5.02. The van der Waals surface area contributed by atoms with Crippen LogP contribution in [0.2, 0.25) is 5.02 Å². The lowest BCUT2D eigenvalue weighted by atomic mass is 10.0. The minimum absolute atomic E-state index is 0.209. The summed E-state index contributed by atoms with van der Waals surface area (Å²) in [5.41, 5.74) is 1.22. The zero-order valence-electron chi connectivity index (χ0n) is 13.0. The van der Waals surface area contributed by atoms with Crippen molar-refractivity contribution in [3.63, 3.8) is 0 Å². The number of nitrogens with zero attached hydrogens (tertiary/aromatic N) is 2. The molecule has 1 saturated heterocycles. The molecule has 2 aromatic carbocycles. The van der Waals surface area contributed by atoms with Crippen LogP contribution in [0, 0.1) is 5.82 Å². The van der Waals surface area contributed by atoms with Crippen molar-refractivity contribution in [2.45, 2.75) is 6.04 Å². The fourth-order valence-electron chi connectivity index (χ4n) is 3.09. The number of hydrogen-bond donors (Lipinski definition) is 1. The van der Waals surface area contributed by atoms with Crippen molar-refractivity contribution in [1.82, 2.24) is 4.90 Å². The van der Waals surface area contributed by atoms with Gasteiger partial charge in [-0.3, -0.25) is 9.69 Å². The molecular weight excluding hydrogens is 331 g/mol. The standard InChI is InChI=1S/C18H18ClFN2O2/c19-13-4-3-5-14(12-13)21-8-10-22(11-9-21)17(18(23)24)15-6-1-2-7-16(15)20/h1-7,12,17H,8-11H2,(H,23,24). The van der Waals surface area contributed by atoms with Crippen LogP contribution in [0.3, 0.4) is 0 Å². The molecule has 2 aromatic rings. The van der Waals surface area contributed by atoms with Gasteiger partial charge in [-0.2, -0.15) is 0 Å². The van der Waals surface area contributed by atoms with Crippen molar-refractivity contribution < 1.29 is 14.3 Å². The third-order valence-corrected chi connectivity index (χ3v) is 4.52. The van der Waals surface area contributed by atoms with Crippen LogP contribution in [-0.4, -0.2) is 42.2 Å². The number of anilines is 1. The molecule has 1 aliphatic rings. The molecular formula is C18H18ClFN2O2. The topological polar surface area (TPSA) is 43.8 Å². The molecule has 1 atom stereocenters. The lowest BCUT2D eigenvalue weighted by molar-refractivity contribution is -0.143. The van der Waals surface area contributed by atoms with Crippen molar-refractivity contribution in [2.24, 2.45) is 0 Å². The highest BCUT2D eigenvalue weighted by Gasteiger charge is 2.32. The molecule has 24 heavy (non-hydrogen) atoms. The maximum absolute atomic E-state index is 14.0. The zero-order chi connectivity index (χ0) is 17.1. The summed E-state index contributed by atoms with van der Waals surface area (Å²) < 4.78 is 14.0. The first-order valence-electron chi connectivity index (χ1n) is 7.78. The number of hydrogen-bond acceptors (Lipinski definition) is 3. The molecule has 0 radical (unpaired) electrons. The number of benzene rings is 2. The second-order valence-electron chi connectivity index (χ2n) is 5.77. The van der Waals surface area contributed by atoms with Crippen molar-refractivity contribution >= 4 is 23.3 Å². The Bertz CT molecular complexity index is 732. The van der Waals surface area contributed by atoms with E-state index in [1.807, 2.05) is 29.2 Å². The van der Waals surface area contributed by atoms with Crippen molar-refractivity contribution in [1.29, 1.82) is 0 Å². The summed E-state index contributed by atoms with van der Waals surface area (Å²) in [6.45, 7) is 2.41. The number of piperazine rings is 1. The Hall–Kier alpha value is -2.11. The molecule has 1 N–H and O–H groups in total. The first-order chi connectivity index (χ1) is 11.6. The van der Waals surface area contributed by atoms with E-state index in [1.54, 1.807) is 12.1 Å². The van der Waals surface area contributed by atoms with Crippen LogP contribution in [-0.2, 0) is 4.79 Å². The van der Waals surface area contributed by atoms with Gasteiger partial charge in [-0.25, -0.2) is 4.39 Å². The molecule has 1 aliphatic heterocycles. The van der Waals surface area contributed by atoms with Gasteiger partial charge >= 0.3 is 5.97 Å². The first-order valence-corrected chi connectivity index (χ1v) is 8.16. The van der Waals surface area contributed by atoms with Gasteiger partial charge in [0.15, 0.2) is 0 Å². The number of carboxylic acid groups (broad SMARTS) is 1. The predicted molar refractivity (Wildman–Crippen MR) is 92.0 cm³/mol. The van der Waals surface area contributed by atoms with Crippen LogP contribution in [0.1, 0.15) is 11.6 Å². The van der Waals surface area contributed by atoms with Crippen LogP contribution >= 0.6 is 11.6 Å². The number of halogens is 2. The van der Waals surface area contributed by atoms with E-state index in [-0.39, 0.29) is 5.56 Å². The van der Waals surface area contributed by atoms with E-state index >= 15 is 0 Å². The molecule has 126 valence electrons. The number of carbonyl (C=O) groups is 1. The predicted octanol–water partition coefficient (Wildman–Crippen LogP) is 3.43. The van der Waals surface area contributed by atoms with E-state index in [9.17, 15) is 14.3 Å². The second-order valence-corrected chi connectivity index (χ2v) is 6.20. The molecule has 0 spiro atoms. The summed E-state index contributed by atoms with van der Waals surface area (Å²) in [5.74, 6) is -1.52. The number of carboxylic acids is 1. The molecule has 0 aromatic heterocycles. The van der Waals surface area contributed by atoms with Crippen LogP contribution in [0.15, 0.2) is 48.5 Å². The van der Waals surface area contributed by atoms with E-state index in [2.05, 4.69) is 4.90 Å². The molecule has 0 aliphatic carbocycles. The smallest absolute Gasteiger partial charge is 0.325 e. The van der Waals surface area contributed by atoms with Crippen molar-refractivity contribution in [2.75, 3.05) is 31.1 Å². The average molecular weight is 349 g/mol. The fourth-order valence-corrected chi connectivity index (χ4v) is 3.28. The Morgan fingerprint density at radius 3 is 2.42 bits per heavy atom. The van der Waals surface area contributed by atoms with E-state index < -0.39 is 17.8 Å². The largest absolute Gasteiger partial charge is 0.480 e.